The molecule has 0 radical (unpaired) electrons. The summed E-state index contributed by atoms with van der Waals surface area (Å²) in [7, 11) is 0. The lowest BCUT2D eigenvalue weighted by molar-refractivity contribution is -0.151. The summed E-state index contributed by atoms with van der Waals surface area (Å²) in [6.07, 6.45) is 0.697. The van der Waals surface area contributed by atoms with Crippen molar-refractivity contribution >= 4 is 23.2 Å². The van der Waals surface area contributed by atoms with E-state index in [9.17, 15) is 14.7 Å². The van der Waals surface area contributed by atoms with E-state index in [1.807, 2.05) is 48.7 Å². The maximum absolute atomic E-state index is 12.8. The Hall–Kier alpha value is -2.14. The van der Waals surface area contributed by atoms with E-state index < -0.39 is 12.0 Å². The number of carboxylic acids is 1. The monoisotopic (exact) mass is 315 g/mol. The number of hydrogen-bond donors (Lipinski definition) is 1. The number of benzene rings is 1. The largest absolute Gasteiger partial charge is 0.479 e. The highest BCUT2D eigenvalue weighted by Gasteiger charge is 2.37. The predicted molar refractivity (Wildman–Crippen MR) is 85.0 cm³/mol. The Kier molecular flexibility index (Phi) is 3.98. The van der Waals surface area contributed by atoms with Crippen LogP contribution < -0.4 is 0 Å². The van der Waals surface area contributed by atoms with Crippen LogP contribution in [0.1, 0.15) is 34.9 Å². The second-order valence-corrected chi connectivity index (χ2v) is 6.44. The van der Waals surface area contributed by atoms with E-state index >= 15 is 0 Å². The van der Waals surface area contributed by atoms with Gasteiger partial charge in [0, 0.05) is 11.4 Å². The fourth-order valence-corrected chi connectivity index (χ4v) is 3.75. The van der Waals surface area contributed by atoms with Gasteiger partial charge >= 0.3 is 5.97 Å². The predicted octanol–water partition coefficient (Wildman–Crippen LogP) is 3.06. The van der Waals surface area contributed by atoms with Crippen molar-refractivity contribution in [2.24, 2.45) is 0 Å². The van der Waals surface area contributed by atoms with E-state index in [2.05, 4.69) is 0 Å². The van der Waals surface area contributed by atoms with Gasteiger partial charge in [-0.2, -0.15) is 0 Å². The summed E-state index contributed by atoms with van der Waals surface area (Å²) in [6.45, 7) is 2.29. The van der Waals surface area contributed by atoms with Crippen LogP contribution in [-0.2, 0) is 16.0 Å². The van der Waals surface area contributed by atoms with Gasteiger partial charge in [0.2, 0.25) is 5.91 Å². The average molecular weight is 315 g/mol. The molecule has 2 heterocycles. The summed E-state index contributed by atoms with van der Waals surface area (Å²) in [5.41, 5.74) is 1.75. The van der Waals surface area contributed by atoms with Crippen LogP contribution in [-0.4, -0.2) is 28.4 Å². The van der Waals surface area contributed by atoms with Crippen LogP contribution in [0.15, 0.2) is 41.8 Å². The van der Waals surface area contributed by atoms with E-state index in [1.165, 1.54) is 16.2 Å². The third-order valence-electron chi connectivity index (χ3n) is 4.14. The first-order valence-corrected chi connectivity index (χ1v) is 8.12. The molecule has 1 amide bonds. The topological polar surface area (TPSA) is 57.6 Å². The summed E-state index contributed by atoms with van der Waals surface area (Å²) in [6, 6.07) is 10.4. The van der Waals surface area contributed by atoms with Crippen LogP contribution in [0, 0.1) is 0 Å². The molecule has 2 atom stereocenters. The number of nitrogens with zero attached hydrogens (tertiary/aromatic N) is 1. The van der Waals surface area contributed by atoms with Crippen LogP contribution in [0.5, 0.6) is 0 Å². The molecule has 22 heavy (non-hydrogen) atoms. The fourth-order valence-electron chi connectivity index (χ4n) is 2.98. The number of rotatable bonds is 3. The number of thiophene rings is 1. The van der Waals surface area contributed by atoms with Crippen LogP contribution in [0.25, 0.3) is 0 Å². The molecule has 0 fully saturated rings. The molecule has 0 bridgehead atoms. The minimum absolute atomic E-state index is 0.121. The Bertz CT molecular complexity index is 696. The lowest BCUT2D eigenvalue weighted by Gasteiger charge is -2.36. The Morgan fingerprint density at radius 3 is 2.73 bits per heavy atom. The summed E-state index contributed by atoms with van der Waals surface area (Å²) in [5, 5.41) is 11.6. The molecule has 4 nitrogen and oxygen atoms in total. The molecule has 0 spiro atoms. The normalized spacial score (nSPS) is 18.6. The zero-order valence-electron chi connectivity index (χ0n) is 12.2. The van der Waals surface area contributed by atoms with E-state index in [0.717, 1.165) is 16.0 Å². The number of fused-ring (bicyclic) bond motifs is 1. The Labute approximate surface area is 133 Å². The summed E-state index contributed by atoms with van der Waals surface area (Å²) in [4.78, 5) is 27.0. The molecule has 0 saturated carbocycles. The minimum Gasteiger partial charge on any atom is -0.479 e. The van der Waals surface area contributed by atoms with Gasteiger partial charge in [0.05, 0.1) is 5.92 Å². The van der Waals surface area contributed by atoms with Gasteiger partial charge in [0.25, 0.3) is 0 Å². The van der Waals surface area contributed by atoms with Gasteiger partial charge in [-0.1, -0.05) is 30.3 Å². The van der Waals surface area contributed by atoms with Crippen molar-refractivity contribution in [2.45, 2.75) is 25.3 Å². The molecule has 0 aliphatic carbocycles. The van der Waals surface area contributed by atoms with Crippen LogP contribution in [0.3, 0.4) is 0 Å². The average Bonchev–Trinajstić information content (AvgIpc) is 3.06. The van der Waals surface area contributed by atoms with Crippen molar-refractivity contribution in [3.63, 3.8) is 0 Å². The first-order chi connectivity index (χ1) is 10.6. The second kappa shape index (κ2) is 5.93. The van der Waals surface area contributed by atoms with E-state index in [-0.39, 0.29) is 11.8 Å². The number of hydrogen-bond acceptors (Lipinski definition) is 3. The van der Waals surface area contributed by atoms with E-state index in [0.29, 0.717) is 13.0 Å². The van der Waals surface area contributed by atoms with E-state index in [1.54, 1.807) is 0 Å². The number of carbonyl (C=O) groups is 2. The number of aliphatic carboxylic acids is 1. The molecule has 3 rings (SSSR count). The zero-order valence-corrected chi connectivity index (χ0v) is 13.0. The van der Waals surface area contributed by atoms with Gasteiger partial charge in [-0.25, -0.2) is 4.79 Å². The van der Waals surface area contributed by atoms with Crippen molar-refractivity contribution in [2.75, 3.05) is 6.54 Å². The van der Waals surface area contributed by atoms with Gasteiger partial charge in [-0.05, 0) is 35.9 Å². The number of carboxylic acid groups (broad SMARTS) is 1. The highest BCUT2D eigenvalue weighted by molar-refractivity contribution is 7.10. The molecule has 1 aromatic heterocycles. The van der Waals surface area contributed by atoms with Crippen molar-refractivity contribution in [1.82, 2.24) is 4.90 Å². The minimum atomic E-state index is -0.973. The smallest absolute Gasteiger partial charge is 0.331 e. The summed E-state index contributed by atoms with van der Waals surface area (Å²) >= 11 is 1.52. The van der Waals surface area contributed by atoms with Gasteiger partial charge in [-0.3, -0.25) is 4.79 Å². The number of amides is 1. The zero-order chi connectivity index (χ0) is 15.7. The van der Waals surface area contributed by atoms with Gasteiger partial charge in [0.15, 0.2) is 6.04 Å². The van der Waals surface area contributed by atoms with Gasteiger partial charge in [0.1, 0.15) is 0 Å². The quantitative estimate of drug-likeness (QED) is 0.947. The Morgan fingerprint density at radius 2 is 2.05 bits per heavy atom. The maximum Gasteiger partial charge on any atom is 0.331 e. The molecule has 1 N–H and O–H groups in total. The standard InChI is InChI=1S/C17H17NO3S/c1-11(14-7-4-10-22-14)16(19)18-9-8-12-5-2-3-6-13(12)15(18)17(20)21/h2-7,10-11,15H,8-9H2,1H3,(H,20,21)/t11-,15-/m1/s1. The molecule has 1 aliphatic rings. The van der Waals surface area contributed by atoms with Crippen molar-refractivity contribution < 1.29 is 14.7 Å². The first kappa shape index (κ1) is 14.8. The molecular formula is C17H17NO3S. The molecule has 0 saturated heterocycles. The molecule has 1 aromatic carbocycles. The Morgan fingerprint density at radius 1 is 1.27 bits per heavy atom. The molecule has 2 aromatic rings. The van der Waals surface area contributed by atoms with Crippen molar-refractivity contribution in [3.8, 4) is 0 Å². The highest BCUT2D eigenvalue weighted by Crippen LogP contribution is 2.33. The van der Waals surface area contributed by atoms with Gasteiger partial charge < -0.3 is 10.0 Å². The van der Waals surface area contributed by atoms with Crippen LogP contribution in [0.4, 0.5) is 0 Å². The number of carbonyl (C=O) groups excluding carboxylic acids is 1. The maximum atomic E-state index is 12.8. The lowest BCUT2D eigenvalue weighted by atomic mass is 9.91. The van der Waals surface area contributed by atoms with Crippen LogP contribution >= 0.6 is 11.3 Å². The molecule has 5 heteroatoms. The van der Waals surface area contributed by atoms with Crippen molar-refractivity contribution in [3.05, 3.63) is 57.8 Å². The second-order valence-electron chi connectivity index (χ2n) is 5.46. The third kappa shape index (κ3) is 2.52. The van der Waals surface area contributed by atoms with Gasteiger partial charge in [-0.15, -0.1) is 11.3 Å². The SMILES string of the molecule is C[C@@H](C(=O)N1CCc2ccccc2[C@@H]1C(=O)O)c1cccs1. The lowest BCUT2D eigenvalue weighted by Crippen LogP contribution is -2.45. The van der Waals surface area contributed by atoms with Crippen molar-refractivity contribution in [1.29, 1.82) is 0 Å². The first-order valence-electron chi connectivity index (χ1n) is 7.24. The summed E-state index contributed by atoms with van der Waals surface area (Å²) < 4.78 is 0. The van der Waals surface area contributed by atoms with Crippen LogP contribution in [0.2, 0.25) is 0 Å². The third-order valence-corrected chi connectivity index (χ3v) is 5.20. The summed E-state index contributed by atoms with van der Waals surface area (Å²) in [5.74, 6) is -1.41. The molecule has 0 unspecified atom stereocenters. The molecule has 114 valence electrons. The Balaban J connectivity index is 1.93. The fraction of sp³-hybridized carbons (Fsp3) is 0.294. The molecular weight excluding hydrogens is 298 g/mol. The molecule has 1 aliphatic heterocycles. The highest BCUT2D eigenvalue weighted by atomic mass is 32.1. The van der Waals surface area contributed by atoms with E-state index in [4.69, 9.17) is 0 Å².